The molecule has 1 unspecified atom stereocenters. The van der Waals surface area contributed by atoms with E-state index in [0.29, 0.717) is 30.5 Å². The Labute approximate surface area is 166 Å². The van der Waals surface area contributed by atoms with Gasteiger partial charge in [0.2, 0.25) is 5.91 Å². The number of carbonyl (C=O) groups excluding carboxylic acids is 1. The van der Waals surface area contributed by atoms with Gasteiger partial charge < -0.3 is 20.3 Å². The number of hydrogen-bond acceptors (Lipinski definition) is 3. The summed E-state index contributed by atoms with van der Waals surface area (Å²) in [7, 11) is 5.17. The molecule has 0 heterocycles. The van der Waals surface area contributed by atoms with E-state index < -0.39 is 0 Å². The number of amides is 1. The van der Waals surface area contributed by atoms with E-state index in [9.17, 15) is 4.79 Å². The minimum Gasteiger partial charge on any atom is -0.489 e. The van der Waals surface area contributed by atoms with Crippen LogP contribution in [0.4, 0.5) is 0 Å². The van der Waals surface area contributed by atoms with Gasteiger partial charge in [0.15, 0.2) is 5.96 Å². The number of aliphatic imine (C=N–C) groups is 1. The van der Waals surface area contributed by atoms with E-state index in [-0.39, 0.29) is 36.0 Å². The highest BCUT2D eigenvalue weighted by atomic mass is 127. The molecule has 2 N–H and O–H groups in total. The third kappa shape index (κ3) is 9.17. The quantitative estimate of drug-likeness (QED) is 0.366. The van der Waals surface area contributed by atoms with Crippen molar-refractivity contribution in [1.82, 2.24) is 15.5 Å². The molecule has 1 aromatic rings. The Kier molecular flexibility index (Phi) is 11.6. The maximum absolute atomic E-state index is 11.5. The lowest BCUT2D eigenvalue weighted by molar-refractivity contribution is -0.128. The lowest BCUT2D eigenvalue weighted by atomic mass is 10.3. The Hall–Kier alpha value is -1.22. The van der Waals surface area contributed by atoms with Crippen LogP contribution in [0, 0.1) is 0 Å². The van der Waals surface area contributed by atoms with Crippen molar-refractivity contribution in [3.63, 3.8) is 0 Å². The fourth-order valence-electron chi connectivity index (χ4n) is 1.76. The number of halogens is 2. The van der Waals surface area contributed by atoms with Gasteiger partial charge in [-0.2, -0.15) is 0 Å². The lowest BCUT2D eigenvalue weighted by Crippen LogP contribution is -2.42. The van der Waals surface area contributed by atoms with Gasteiger partial charge in [0.25, 0.3) is 0 Å². The second-order valence-electron chi connectivity index (χ2n) is 5.30. The van der Waals surface area contributed by atoms with Crippen LogP contribution in [0.15, 0.2) is 29.3 Å². The van der Waals surface area contributed by atoms with Crippen LogP contribution in [-0.4, -0.2) is 57.1 Å². The molecular weight excluding hydrogens is 443 g/mol. The standard InChI is InChI=1S/C16H25ClN4O2.HI/c1-12(23-14-7-5-13(17)6-8-14)11-20-16(18-2)19-10-9-15(22)21(3)4;/h5-8,12H,9-11H2,1-4H3,(H2,18,19,20);1H. The van der Waals surface area contributed by atoms with Gasteiger partial charge in [0.1, 0.15) is 11.9 Å². The summed E-state index contributed by atoms with van der Waals surface area (Å²) in [6.45, 7) is 3.08. The van der Waals surface area contributed by atoms with E-state index in [0.717, 1.165) is 5.75 Å². The van der Waals surface area contributed by atoms with Crippen molar-refractivity contribution in [3.05, 3.63) is 29.3 Å². The molecule has 0 saturated carbocycles. The Morgan fingerprint density at radius 1 is 1.29 bits per heavy atom. The summed E-state index contributed by atoms with van der Waals surface area (Å²) < 4.78 is 5.77. The van der Waals surface area contributed by atoms with Crippen molar-refractivity contribution in [3.8, 4) is 5.75 Å². The van der Waals surface area contributed by atoms with Gasteiger partial charge in [-0.15, -0.1) is 24.0 Å². The van der Waals surface area contributed by atoms with Crippen molar-refractivity contribution in [2.24, 2.45) is 4.99 Å². The number of guanidine groups is 1. The minimum absolute atomic E-state index is 0. The first-order chi connectivity index (χ1) is 10.9. The number of ether oxygens (including phenoxy) is 1. The first-order valence-electron chi connectivity index (χ1n) is 7.49. The second-order valence-corrected chi connectivity index (χ2v) is 5.74. The van der Waals surface area contributed by atoms with E-state index >= 15 is 0 Å². The largest absolute Gasteiger partial charge is 0.489 e. The highest BCUT2D eigenvalue weighted by molar-refractivity contribution is 14.0. The van der Waals surface area contributed by atoms with Crippen LogP contribution in [0.2, 0.25) is 5.02 Å². The molecule has 0 spiro atoms. The highest BCUT2D eigenvalue weighted by Crippen LogP contribution is 2.16. The zero-order valence-corrected chi connectivity index (χ0v) is 17.6. The topological polar surface area (TPSA) is 66.0 Å². The molecule has 1 rings (SSSR count). The van der Waals surface area contributed by atoms with Gasteiger partial charge in [-0.25, -0.2) is 0 Å². The minimum atomic E-state index is -0.0434. The molecule has 0 saturated heterocycles. The predicted molar refractivity (Wildman–Crippen MR) is 110 cm³/mol. The number of rotatable bonds is 7. The molecule has 8 heteroatoms. The van der Waals surface area contributed by atoms with Crippen molar-refractivity contribution in [2.75, 3.05) is 34.2 Å². The SMILES string of the molecule is CN=C(NCCC(=O)N(C)C)NCC(C)Oc1ccc(Cl)cc1.I. The summed E-state index contributed by atoms with van der Waals surface area (Å²) in [4.78, 5) is 17.2. The van der Waals surface area contributed by atoms with Crippen LogP contribution in [0.5, 0.6) is 5.75 Å². The summed E-state index contributed by atoms with van der Waals surface area (Å²) in [5.41, 5.74) is 0. The molecule has 24 heavy (non-hydrogen) atoms. The van der Waals surface area contributed by atoms with Crippen LogP contribution >= 0.6 is 35.6 Å². The average Bonchev–Trinajstić information content (AvgIpc) is 2.52. The van der Waals surface area contributed by atoms with E-state index in [4.69, 9.17) is 16.3 Å². The van der Waals surface area contributed by atoms with Crippen molar-refractivity contribution < 1.29 is 9.53 Å². The van der Waals surface area contributed by atoms with Gasteiger partial charge in [0, 0.05) is 39.1 Å². The van der Waals surface area contributed by atoms with Gasteiger partial charge in [0.05, 0.1) is 6.54 Å². The second kappa shape index (κ2) is 12.2. The van der Waals surface area contributed by atoms with Gasteiger partial charge in [-0.3, -0.25) is 9.79 Å². The summed E-state index contributed by atoms with van der Waals surface area (Å²) in [5.74, 6) is 1.48. The molecule has 136 valence electrons. The number of carbonyl (C=O) groups is 1. The summed E-state index contributed by atoms with van der Waals surface area (Å²) in [6, 6.07) is 7.25. The summed E-state index contributed by atoms with van der Waals surface area (Å²) in [6.07, 6.45) is 0.378. The lowest BCUT2D eigenvalue weighted by Gasteiger charge is -2.18. The molecule has 0 radical (unpaired) electrons. The normalized spacial score (nSPS) is 12.0. The molecule has 0 aliphatic heterocycles. The third-order valence-electron chi connectivity index (χ3n) is 3.06. The van der Waals surface area contributed by atoms with E-state index in [1.54, 1.807) is 38.2 Å². The van der Waals surface area contributed by atoms with E-state index in [1.807, 2.05) is 19.1 Å². The fraction of sp³-hybridized carbons (Fsp3) is 0.500. The van der Waals surface area contributed by atoms with Crippen molar-refractivity contribution in [1.29, 1.82) is 0 Å². The number of nitrogens with one attached hydrogen (secondary N) is 2. The van der Waals surface area contributed by atoms with Crippen LogP contribution in [-0.2, 0) is 4.79 Å². The maximum atomic E-state index is 11.5. The molecule has 0 aliphatic carbocycles. The van der Waals surface area contributed by atoms with Crippen LogP contribution < -0.4 is 15.4 Å². The Balaban J connectivity index is 0.00000529. The van der Waals surface area contributed by atoms with Gasteiger partial charge >= 0.3 is 0 Å². The number of benzene rings is 1. The smallest absolute Gasteiger partial charge is 0.223 e. The molecular formula is C16H26ClIN4O2. The van der Waals surface area contributed by atoms with E-state index in [1.165, 1.54) is 0 Å². The zero-order chi connectivity index (χ0) is 17.2. The van der Waals surface area contributed by atoms with Crippen molar-refractivity contribution >= 4 is 47.4 Å². The van der Waals surface area contributed by atoms with Crippen LogP contribution in [0.1, 0.15) is 13.3 Å². The van der Waals surface area contributed by atoms with Crippen LogP contribution in [0.25, 0.3) is 0 Å². The zero-order valence-electron chi connectivity index (χ0n) is 14.5. The van der Waals surface area contributed by atoms with Crippen molar-refractivity contribution in [2.45, 2.75) is 19.4 Å². The Morgan fingerprint density at radius 2 is 1.92 bits per heavy atom. The Bertz CT molecular complexity index is 523. The average molecular weight is 469 g/mol. The Morgan fingerprint density at radius 3 is 2.46 bits per heavy atom. The molecule has 0 fully saturated rings. The molecule has 0 aliphatic rings. The highest BCUT2D eigenvalue weighted by Gasteiger charge is 2.07. The van der Waals surface area contributed by atoms with Gasteiger partial charge in [-0.05, 0) is 31.2 Å². The first kappa shape index (κ1) is 22.8. The van der Waals surface area contributed by atoms with Gasteiger partial charge in [-0.1, -0.05) is 11.6 Å². The summed E-state index contributed by atoms with van der Waals surface area (Å²) in [5, 5.41) is 6.95. The molecule has 6 nitrogen and oxygen atoms in total. The molecule has 1 amide bonds. The molecule has 1 aromatic carbocycles. The molecule has 0 bridgehead atoms. The van der Waals surface area contributed by atoms with E-state index in [2.05, 4.69) is 15.6 Å². The molecule has 0 aromatic heterocycles. The first-order valence-corrected chi connectivity index (χ1v) is 7.87. The number of nitrogens with zero attached hydrogens (tertiary/aromatic N) is 2. The summed E-state index contributed by atoms with van der Waals surface area (Å²) >= 11 is 5.84. The molecule has 1 atom stereocenters. The third-order valence-corrected chi connectivity index (χ3v) is 3.31. The predicted octanol–water partition coefficient (Wildman–Crippen LogP) is 2.37. The number of hydrogen-bond donors (Lipinski definition) is 2. The maximum Gasteiger partial charge on any atom is 0.223 e. The fourth-order valence-corrected chi connectivity index (χ4v) is 1.89. The monoisotopic (exact) mass is 468 g/mol. The van der Waals surface area contributed by atoms with Crippen LogP contribution in [0.3, 0.4) is 0 Å².